The first-order valence-electron chi connectivity index (χ1n) is 5.88. The number of nitro groups is 1. The van der Waals surface area contributed by atoms with Crippen molar-refractivity contribution in [3.63, 3.8) is 0 Å². The summed E-state index contributed by atoms with van der Waals surface area (Å²) in [6.45, 7) is 0.656. The zero-order valence-corrected chi connectivity index (χ0v) is 10.1. The monoisotopic (exact) mass is 253 g/mol. The summed E-state index contributed by atoms with van der Waals surface area (Å²) in [5.41, 5.74) is 1.85. The van der Waals surface area contributed by atoms with Crippen LogP contribution < -0.4 is 0 Å². The predicted molar refractivity (Wildman–Crippen MR) is 71.9 cm³/mol. The molecule has 1 heterocycles. The molecule has 5 nitrogen and oxygen atoms in total. The lowest BCUT2D eigenvalue weighted by atomic mass is 10.2. The van der Waals surface area contributed by atoms with E-state index in [1.54, 1.807) is 10.7 Å². The van der Waals surface area contributed by atoms with Gasteiger partial charge in [-0.1, -0.05) is 30.3 Å². The van der Waals surface area contributed by atoms with Gasteiger partial charge in [-0.15, -0.1) is 0 Å². The summed E-state index contributed by atoms with van der Waals surface area (Å²) in [6, 6.07) is 14.7. The van der Waals surface area contributed by atoms with Crippen LogP contribution in [-0.2, 0) is 6.54 Å². The van der Waals surface area contributed by atoms with Gasteiger partial charge in [0.1, 0.15) is 0 Å². The maximum absolute atomic E-state index is 10.7. The summed E-state index contributed by atoms with van der Waals surface area (Å²) in [7, 11) is 0. The SMILES string of the molecule is O=[N+]([O-])c1ccc2cn(Cc3ccccc3)nc2c1. The van der Waals surface area contributed by atoms with Gasteiger partial charge in [0, 0.05) is 23.7 Å². The van der Waals surface area contributed by atoms with Crippen LogP contribution in [0.2, 0.25) is 0 Å². The molecule has 0 amide bonds. The zero-order chi connectivity index (χ0) is 13.2. The second kappa shape index (κ2) is 4.53. The topological polar surface area (TPSA) is 61.0 Å². The third-order valence-electron chi connectivity index (χ3n) is 2.94. The molecular formula is C14H11N3O2. The van der Waals surface area contributed by atoms with Crippen molar-refractivity contribution in [1.29, 1.82) is 0 Å². The van der Waals surface area contributed by atoms with Crippen molar-refractivity contribution in [1.82, 2.24) is 9.78 Å². The van der Waals surface area contributed by atoms with E-state index >= 15 is 0 Å². The fourth-order valence-corrected chi connectivity index (χ4v) is 2.02. The number of rotatable bonds is 3. The Morgan fingerprint density at radius 2 is 1.95 bits per heavy atom. The Bertz CT molecular complexity index is 735. The molecule has 5 heteroatoms. The molecule has 0 saturated heterocycles. The van der Waals surface area contributed by atoms with Crippen LogP contribution in [0.3, 0.4) is 0 Å². The van der Waals surface area contributed by atoms with Crippen LogP contribution in [0.5, 0.6) is 0 Å². The van der Waals surface area contributed by atoms with E-state index in [0.29, 0.717) is 12.1 Å². The lowest BCUT2D eigenvalue weighted by Gasteiger charge is -2.00. The second-order valence-electron chi connectivity index (χ2n) is 4.31. The highest BCUT2D eigenvalue weighted by Gasteiger charge is 2.08. The quantitative estimate of drug-likeness (QED) is 0.532. The number of fused-ring (bicyclic) bond motifs is 1. The van der Waals surface area contributed by atoms with E-state index in [9.17, 15) is 10.1 Å². The molecule has 0 aliphatic rings. The van der Waals surface area contributed by atoms with Gasteiger partial charge in [-0.2, -0.15) is 5.10 Å². The van der Waals surface area contributed by atoms with Crippen molar-refractivity contribution < 1.29 is 4.92 Å². The highest BCUT2D eigenvalue weighted by atomic mass is 16.6. The van der Waals surface area contributed by atoms with E-state index in [1.165, 1.54) is 12.1 Å². The fourth-order valence-electron chi connectivity index (χ4n) is 2.02. The molecule has 0 fully saturated rings. The predicted octanol–water partition coefficient (Wildman–Crippen LogP) is 2.99. The third kappa shape index (κ3) is 2.30. The second-order valence-corrected chi connectivity index (χ2v) is 4.31. The standard InChI is InChI=1S/C14H11N3O2/c18-17(19)13-7-6-12-10-16(15-14(12)8-13)9-11-4-2-1-3-5-11/h1-8,10H,9H2. The molecule has 0 unspecified atom stereocenters. The first-order chi connectivity index (χ1) is 9.22. The van der Waals surface area contributed by atoms with Crippen molar-refractivity contribution in [3.05, 3.63) is 70.4 Å². The molecule has 0 atom stereocenters. The molecule has 0 N–H and O–H groups in total. The summed E-state index contributed by atoms with van der Waals surface area (Å²) in [5.74, 6) is 0. The van der Waals surface area contributed by atoms with Gasteiger partial charge in [-0.3, -0.25) is 14.8 Å². The highest BCUT2D eigenvalue weighted by molar-refractivity contribution is 5.80. The summed E-state index contributed by atoms with van der Waals surface area (Å²) < 4.78 is 1.80. The normalized spacial score (nSPS) is 10.7. The van der Waals surface area contributed by atoms with E-state index in [-0.39, 0.29) is 5.69 Å². The average molecular weight is 253 g/mol. The fraction of sp³-hybridized carbons (Fsp3) is 0.0714. The smallest absolute Gasteiger partial charge is 0.267 e. The van der Waals surface area contributed by atoms with E-state index in [0.717, 1.165) is 10.9 Å². The Labute approximate surface area is 109 Å². The third-order valence-corrected chi connectivity index (χ3v) is 2.94. The highest BCUT2D eigenvalue weighted by Crippen LogP contribution is 2.19. The number of nitrogens with zero attached hydrogens (tertiary/aromatic N) is 3. The minimum atomic E-state index is -0.407. The molecular weight excluding hydrogens is 242 g/mol. The Hall–Kier alpha value is -2.69. The number of aromatic nitrogens is 2. The van der Waals surface area contributed by atoms with Crippen molar-refractivity contribution in [2.24, 2.45) is 0 Å². The van der Waals surface area contributed by atoms with Crippen LogP contribution in [0.1, 0.15) is 5.56 Å². The summed E-state index contributed by atoms with van der Waals surface area (Å²) in [4.78, 5) is 10.3. The van der Waals surface area contributed by atoms with E-state index in [4.69, 9.17) is 0 Å². The minimum Gasteiger partial charge on any atom is -0.267 e. The van der Waals surface area contributed by atoms with Gasteiger partial charge in [0.05, 0.1) is 17.0 Å². The molecule has 0 radical (unpaired) electrons. The van der Waals surface area contributed by atoms with Crippen molar-refractivity contribution in [2.75, 3.05) is 0 Å². The lowest BCUT2D eigenvalue weighted by molar-refractivity contribution is -0.384. The molecule has 0 aliphatic carbocycles. The van der Waals surface area contributed by atoms with Crippen molar-refractivity contribution in [3.8, 4) is 0 Å². The Balaban J connectivity index is 1.95. The van der Waals surface area contributed by atoms with Crippen LogP contribution in [0, 0.1) is 10.1 Å². The summed E-state index contributed by atoms with van der Waals surface area (Å²) in [5, 5.41) is 16.0. The van der Waals surface area contributed by atoms with Crippen LogP contribution in [0.15, 0.2) is 54.7 Å². The van der Waals surface area contributed by atoms with Gasteiger partial charge in [-0.05, 0) is 11.6 Å². The first-order valence-corrected chi connectivity index (χ1v) is 5.88. The Morgan fingerprint density at radius 3 is 2.68 bits per heavy atom. The molecule has 2 aromatic carbocycles. The van der Waals surface area contributed by atoms with E-state index in [2.05, 4.69) is 5.10 Å². The Morgan fingerprint density at radius 1 is 1.16 bits per heavy atom. The molecule has 3 rings (SSSR count). The summed E-state index contributed by atoms with van der Waals surface area (Å²) in [6.07, 6.45) is 1.89. The van der Waals surface area contributed by atoms with Gasteiger partial charge < -0.3 is 0 Å². The van der Waals surface area contributed by atoms with E-state index in [1.807, 2.05) is 36.5 Å². The number of benzene rings is 2. The van der Waals surface area contributed by atoms with Gasteiger partial charge >= 0.3 is 0 Å². The van der Waals surface area contributed by atoms with Crippen LogP contribution in [-0.4, -0.2) is 14.7 Å². The van der Waals surface area contributed by atoms with Crippen LogP contribution >= 0.6 is 0 Å². The first kappa shape index (κ1) is 11.4. The van der Waals surface area contributed by atoms with E-state index < -0.39 is 4.92 Å². The van der Waals surface area contributed by atoms with Gasteiger partial charge in [-0.25, -0.2) is 0 Å². The maximum Gasteiger partial charge on any atom is 0.271 e. The molecule has 1 aromatic heterocycles. The van der Waals surface area contributed by atoms with Gasteiger partial charge in [0.25, 0.3) is 5.69 Å². The minimum absolute atomic E-state index is 0.0671. The number of hydrogen-bond acceptors (Lipinski definition) is 3. The van der Waals surface area contributed by atoms with Crippen LogP contribution in [0.4, 0.5) is 5.69 Å². The molecule has 0 spiro atoms. The maximum atomic E-state index is 10.7. The molecule has 19 heavy (non-hydrogen) atoms. The molecule has 3 aromatic rings. The molecule has 94 valence electrons. The van der Waals surface area contributed by atoms with Gasteiger partial charge in [0.15, 0.2) is 0 Å². The lowest BCUT2D eigenvalue weighted by Crippen LogP contribution is -1.99. The number of non-ortho nitro benzene ring substituents is 1. The number of hydrogen-bond donors (Lipinski definition) is 0. The largest absolute Gasteiger partial charge is 0.271 e. The zero-order valence-electron chi connectivity index (χ0n) is 10.1. The Kier molecular flexibility index (Phi) is 2.72. The van der Waals surface area contributed by atoms with Crippen LogP contribution in [0.25, 0.3) is 10.9 Å². The molecule has 0 bridgehead atoms. The van der Waals surface area contributed by atoms with Crippen molar-refractivity contribution >= 4 is 16.6 Å². The summed E-state index contributed by atoms with van der Waals surface area (Å²) >= 11 is 0. The number of nitro benzene ring substituents is 1. The van der Waals surface area contributed by atoms with Crippen molar-refractivity contribution in [2.45, 2.75) is 6.54 Å². The van der Waals surface area contributed by atoms with Gasteiger partial charge in [0.2, 0.25) is 0 Å². The molecule has 0 aliphatic heterocycles. The molecule has 0 saturated carbocycles. The average Bonchev–Trinajstić information content (AvgIpc) is 2.80.